The number of hydrogen-bond acceptors (Lipinski definition) is 7. The Morgan fingerprint density at radius 1 is 1.03 bits per heavy atom. The van der Waals surface area contributed by atoms with Crippen LogP contribution in [-0.2, 0) is 31.0 Å². The summed E-state index contributed by atoms with van der Waals surface area (Å²) in [6.45, 7) is 1.58. The quantitative estimate of drug-likeness (QED) is 0.354. The van der Waals surface area contributed by atoms with Crippen LogP contribution in [0.15, 0.2) is 82.6 Å². The van der Waals surface area contributed by atoms with Gasteiger partial charge in [-0.1, -0.05) is 48.5 Å². The second-order valence-corrected chi connectivity index (χ2v) is 9.81. The Morgan fingerprint density at radius 3 is 2.41 bits per heavy atom. The van der Waals surface area contributed by atoms with E-state index in [4.69, 9.17) is 18.9 Å². The number of halogens is 1. The molecule has 8 heteroatoms. The maximum atomic E-state index is 13.8. The van der Waals surface area contributed by atoms with Crippen molar-refractivity contribution in [2.45, 2.75) is 36.8 Å². The van der Waals surface area contributed by atoms with E-state index in [1.165, 1.54) is 19.8 Å². The van der Waals surface area contributed by atoms with Crippen molar-refractivity contribution in [1.82, 2.24) is 4.90 Å². The Balaban J connectivity index is 0.00000280. The third-order valence-electron chi connectivity index (χ3n) is 8.39. The molecule has 1 aromatic heterocycles. The molecule has 3 heterocycles. The zero-order valence-electron chi connectivity index (χ0n) is 20.8. The van der Waals surface area contributed by atoms with Gasteiger partial charge in [-0.3, -0.25) is 19.5 Å². The first-order valence-corrected chi connectivity index (χ1v) is 12.2. The first-order valence-electron chi connectivity index (χ1n) is 12.2. The molecule has 6 rings (SSSR count). The maximum Gasteiger partial charge on any atom is 0.329 e. The molecule has 3 unspecified atom stereocenters. The van der Waals surface area contributed by atoms with E-state index < -0.39 is 28.7 Å². The van der Waals surface area contributed by atoms with Gasteiger partial charge in [-0.15, -0.1) is 12.4 Å². The summed E-state index contributed by atoms with van der Waals surface area (Å²) in [5.74, 6) is -1.85. The number of carbonyl (C=O) groups is 2. The topological polar surface area (TPSA) is 81.3 Å². The fraction of sp³-hybridized carbons (Fsp3) is 0.345. The third-order valence-corrected chi connectivity index (χ3v) is 8.39. The fourth-order valence-electron chi connectivity index (χ4n) is 6.95. The Hall–Kier alpha value is -3.42. The zero-order chi connectivity index (χ0) is 24.9. The molecular weight excluding hydrogens is 492 g/mol. The van der Waals surface area contributed by atoms with Crippen molar-refractivity contribution >= 4 is 35.7 Å². The van der Waals surface area contributed by atoms with Crippen LogP contribution in [0.2, 0.25) is 0 Å². The van der Waals surface area contributed by atoms with Crippen LogP contribution in [0.5, 0.6) is 0 Å². The summed E-state index contributed by atoms with van der Waals surface area (Å²) in [5.41, 5.74) is 2.04. The van der Waals surface area contributed by atoms with Crippen LogP contribution >= 0.6 is 12.4 Å². The number of furan rings is 1. The Labute approximate surface area is 221 Å². The number of para-hydroxylation sites is 1. The summed E-state index contributed by atoms with van der Waals surface area (Å²) >= 11 is 0. The van der Waals surface area contributed by atoms with E-state index in [0.717, 1.165) is 36.3 Å². The molecule has 1 spiro atoms. The van der Waals surface area contributed by atoms with E-state index >= 15 is 0 Å². The number of nitrogens with zero attached hydrogens (tertiary/aromatic N) is 2. The molecule has 0 radical (unpaired) electrons. The number of ether oxygens (including phenoxy) is 2. The molecule has 7 nitrogen and oxygen atoms in total. The average molecular weight is 521 g/mol. The summed E-state index contributed by atoms with van der Waals surface area (Å²) in [6, 6.07) is 20.2. The smallest absolute Gasteiger partial charge is 0.329 e. The van der Waals surface area contributed by atoms with Gasteiger partial charge in [0, 0.05) is 25.0 Å². The highest BCUT2D eigenvalue weighted by atomic mass is 35.5. The number of fused-ring (bicyclic) bond motifs is 1. The van der Waals surface area contributed by atoms with Gasteiger partial charge >= 0.3 is 11.9 Å². The van der Waals surface area contributed by atoms with Crippen molar-refractivity contribution in [2.75, 3.05) is 20.8 Å². The van der Waals surface area contributed by atoms with Gasteiger partial charge < -0.3 is 13.9 Å². The zero-order valence-corrected chi connectivity index (χ0v) is 21.6. The highest BCUT2D eigenvalue weighted by Crippen LogP contribution is 2.63. The van der Waals surface area contributed by atoms with E-state index in [1.807, 2.05) is 42.5 Å². The minimum absolute atomic E-state index is 0. The molecule has 2 aliphatic heterocycles. The Bertz CT molecular complexity index is 1320. The molecule has 0 N–H and O–H groups in total. The summed E-state index contributed by atoms with van der Waals surface area (Å²) in [7, 11) is 2.63. The molecule has 1 saturated carbocycles. The van der Waals surface area contributed by atoms with Gasteiger partial charge in [0.25, 0.3) is 0 Å². The van der Waals surface area contributed by atoms with Crippen LogP contribution in [0.25, 0.3) is 0 Å². The van der Waals surface area contributed by atoms with Crippen molar-refractivity contribution in [1.29, 1.82) is 0 Å². The van der Waals surface area contributed by atoms with Gasteiger partial charge in [-0.25, -0.2) is 0 Å². The number of aliphatic imine (C=N–C) groups is 1. The molecule has 2 aromatic carbocycles. The van der Waals surface area contributed by atoms with E-state index in [2.05, 4.69) is 23.1 Å². The van der Waals surface area contributed by atoms with Crippen LogP contribution in [-0.4, -0.2) is 49.4 Å². The highest BCUT2D eigenvalue weighted by Gasteiger charge is 2.73. The SMILES string of the molecule is COC(=O)C1(C(=O)OC)C2=Nc3ccccc3C23CCN(Cc2ccccc2)C3CC1c1ccoc1.Cl. The number of rotatable bonds is 5. The highest BCUT2D eigenvalue weighted by molar-refractivity contribution is 6.28. The molecule has 2 fully saturated rings. The van der Waals surface area contributed by atoms with Gasteiger partial charge in [0.15, 0.2) is 0 Å². The number of benzene rings is 2. The first-order chi connectivity index (χ1) is 17.6. The molecule has 0 amide bonds. The number of hydrogen-bond donors (Lipinski definition) is 0. The molecule has 192 valence electrons. The molecule has 0 bridgehead atoms. The first kappa shape index (κ1) is 25.2. The molecule has 3 aromatic rings. The van der Waals surface area contributed by atoms with E-state index in [-0.39, 0.29) is 18.4 Å². The maximum absolute atomic E-state index is 13.8. The van der Waals surface area contributed by atoms with Crippen molar-refractivity contribution < 1.29 is 23.5 Å². The van der Waals surface area contributed by atoms with Crippen LogP contribution in [0.3, 0.4) is 0 Å². The standard InChI is InChI=1S/C29H28N2O5.ClH/c1-34-26(32)29(27(33)35-2)22(20-12-15-36-18-20)16-24-28(21-10-6-7-11-23(21)30-25(28)29)13-14-31(24)17-19-8-4-3-5-9-19;/h3-12,15,18,22,24H,13-14,16-17H2,1-2H3;1H. The van der Waals surface area contributed by atoms with Crippen molar-refractivity contribution in [3.05, 3.63) is 89.9 Å². The largest absolute Gasteiger partial charge is 0.472 e. The molecule has 37 heavy (non-hydrogen) atoms. The molecular formula is C29H29ClN2O5. The second-order valence-electron chi connectivity index (χ2n) is 9.81. The second kappa shape index (κ2) is 9.47. The van der Waals surface area contributed by atoms with E-state index in [1.54, 1.807) is 12.5 Å². The predicted octanol–water partition coefficient (Wildman–Crippen LogP) is 4.82. The van der Waals surface area contributed by atoms with Gasteiger partial charge in [0.05, 0.1) is 43.6 Å². The normalized spacial score (nSPS) is 25.2. The minimum Gasteiger partial charge on any atom is -0.472 e. The van der Waals surface area contributed by atoms with Crippen LogP contribution < -0.4 is 0 Å². The summed E-state index contributed by atoms with van der Waals surface area (Å²) < 4.78 is 16.1. The van der Waals surface area contributed by atoms with Gasteiger partial charge in [0.1, 0.15) is 0 Å². The van der Waals surface area contributed by atoms with Crippen LogP contribution in [0, 0.1) is 5.41 Å². The molecule has 3 atom stereocenters. The lowest BCUT2D eigenvalue weighted by Gasteiger charge is -2.51. The van der Waals surface area contributed by atoms with Crippen molar-refractivity contribution in [3.8, 4) is 0 Å². The molecule has 1 saturated heterocycles. The monoisotopic (exact) mass is 520 g/mol. The summed E-state index contributed by atoms with van der Waals surface area (Å²) in [5, 5.41) is 0. The molecule has 3 aliphatic rings. The van der Waals surface area contributed by atoms with Gasteiger partial charge in [0.2, 0.25) is 5.41 Å². The number of likely N-dealkylation sites (tertiary alicyclic amines) is 1. The number of esters is 2. The summed E-state index contributed by atoms with van der Waals surface area (Å²) in [4.78, 5) is 35.1. The van der Waals surface area contributed by atoms with Crippen molar-refractivity contribution in [3.63, 3.8) is 0 Å². The average Bonchev–Trinajstić information content (AvgIpc) is 3.65. The predicted molar refractivity (Wildman–Crippen MR) is 140 cm³/mol. The van der Waals surface area contributed by atoms with E-state index in [9.17, 15) is 9.59 Å². The van der Waals surface area contributed by atoms with Crippen LogP contribution in [0.1, 0.15) is 35.4 Å². The number of methoxy groups -OCH3 is 2. The lowest BCUT2D eigenvalue weighted by atomic mass is 9.51. The van der Waals surface area contributed by atoms with Crippen LogP contribution in [0.4, 0.5) is 5.69 Å². The lowest BCUT2D eigenvalue weighted by Crippen LogP contribution is -2.65. The minimum atomic E-state index is -1.72. The fourth-order valence-corrected chi connectivity index (χ4v) is 6.95. The van der Waals surface area contributed by atoms with Gasteiger partial charge in [-0.05, 0) is 41.7 Å². The number of carbonyl (C=O) groups excluding carboxylic acids is 2. The lowest BCUT2D eigenvalue weighted by molar-refractivity contribution is -0.166. The van der Waals surface area contributed by atoms with Gasteiger partial charge in [-0.2, -0.15) is 0 Å². The van der Waals surface area contributed by atoms with E-state index in [0.29, 0.717) is 12.1 Å². The third kappa shape index (κ3) is 3.41. The van der Waals surface area contributed by atoms with Crippen molar-refractivity contribution in [2.24, 2.45) is 10.4 Å². The Morgan fingerprint density at radius 2 is 1.73 bits per heavy atom. The summed E-state index contributed by atoms with van der Waals surface area (Å²) in [6.07, 6.45) is 4.47. The Kier molecular flexibility index (Phi) is 6.46. The molecule has 1 aliphatic carbocycles.